The van der Waals surface area contributed by atoms with E-state index in [0.717, 1.165) is 39.4 Å². The summed E-state index contributed by atoms with van der Waals surface area (Å²) in [5.41, 5.74) is 3.16. The number of para-hydroxylation sites is 1. The maximum Gasteiger partial charge on any atom is 0.329 e. The van der Waals surface area contributed by atoms with E-state index in [0.29, 0.717) is 0 Å². The number of amides is 2. The lowest BCUT2D eigenvalue weighted by Gasteiger charge is -2.15. The summed E-state index contributed by atoms with van der Waals surface area (Å²) in [7, 11) is 0. The van der Waals surface area contributed by atoms with Crippen molar-refractivity contribution in [2.45, 2.75) is 50.3 Å². The number of rotatable bonds is 6. The second kappa shape index (κ2) is 8.05. The third kappa shape index (κ3) is 4.75. The lowest BCUT2D eigenvalue weighted by atomic mass is 10.0. The summed E-state index contributed by atoms with van der Waals surface area (Å²) in [6.07, 6.45) is 1.74. The zero-order chi connectivity index (χ0) is 17.7. The molecule has 0 spiro atoms. The van der Waals surface area contributed by atoms with Gasteiger partial charge < -0.3 is 10.4 Å². The Hall–Kier alpha value is -1.50. The molecule has 0 radical (unpaired) electrons. The van der Waals surface area contributed by atoms with Crippen LogP contribution in [0.25, 0.3) is 0 Å². The van der Waals surface area contributed by atoms with E-state index in [2.05, 4.69) is 23.9 Å². The normalized spacial score (nSPS) is 11.4. The summed E-state index contributed by atoms with van der Waals surface area (Å²) in [5, 5.41) is 14.9. The number of hydrogen-bond donors (Lipinski definition) is 3. The number of benzene rings is 1. The molecule has 130 valence electrons. The average Bonchev–Trinajstić information content (AvgIpc) is 3.02. The van der Waals surface area contributed by atoms with Gasteiger partial charge in [-0.05, 0) is 66.8 Å². The first-order valence-electron chi connectivity index (χ1n) is 8.01. The summed E-state index contributed by atoms with van der Waals surface area (Å²) >= 11 is 2.76. The number of nitrogens with one attached hydrogen (secondary N) is 2. The molecule has 0 atom stereocenters. The van der Waals surface area contributed by atoms with Crippen LogP contribution in [0.4, 0.5) is 10.5 Å². The topological polar surface area (TPSA) is 61.4 Å². The van der Waals surface area contributed by atoms with Gasteiger partial charge in [0.1, 0.15) is 0 Å². The van der Waals surface area contributed by atoms with Gasteiger partial charge >= 0.3 is 6.03 Å². The Bertz CT molecular complexity index is 683. The molecule has 0 aliphatic heterocycles. The summed E-state index contributed by atoms with van der Waals surface area (Å²) in [4.78, 5) is 12.2. The molecule has 2 amide bonds. The SMILES string of the molecule is CCc1cccc(CC)c1NC(=O)NSc1cc(C(C)(C)O)cs1. The van der Waals surface area contributed by atoms with Crippen LogP contribution in [0, 0.1) is 0 Å². The predicted octanol–water partition coefficient (Wildman–Crippen LogP) is 4.93. The number of aliphatic hydroxyl groups is 1. The molecule has 4 nitrogen and oxygen atoms in total. The van der Waals surface area contributed by atoms with Crippen molar-refractivity contribution in [2.75, 3.05) is 5.32 Å². The van der Waals surface area contributed by atoms with E-state index in [4.69, 9.17) is 0 Å². The van der Waals surface area contributed by atoms with Crippen molar-refractivity contribution in [1.82, 2.24) is 4.72 Å². The van der Waals surface area contributed by atoms with Gasteiger partial charge in [0.15, 0.2) is 0 Å². The van der Waals surface area contributed by atoms with Crippen molar-refractivity contribution >= 4 is 35.0 Å². The maximum absolute atomic E-state index is 12.2. The molecular weight excluding hydrogens is 340 g/mol. The largest absolute Gasteiger partial charge is 0.386 e. The lowest BCUT2D eigenvalue weighted by Crippen LogP contribution is -2.24. The van der Waals surface area contributed by atoms with Crippen molar-refractivity contribution in [3.8, 4) is 0 Å². The first-order chi connectivity index (χ1) is 11.3. The lowest BCUT2D eigenvalue weighted by molar-refractivity contribution is 0.0789. The van der Waals surface area contributed by atoms with Crippen molar-refractivity contribution in [2.24, 2.45) is 0 Å². The highest BCUT2D eigenvalue weighted by Gasteiger charge is 2.18. The summed E-state index contributed by atoms with van der Waals surface area (Å²) in [6.45, 7) is 7.65. The van der Waals surface area contributed by atoms with Gasteiger partial charge in [-0.2, -0.15) is 0 Å². The van der Waals surface area contributed by atoms with Crippen LogP contribution in [0.2, 0.25) is 0 Å². The van der Waals surface area contributed by atoms with Crippen LogP contribution in [0.3, 0.4) is 0 Å². The van der Waals surface area contributed by atoms with E-state index in [-0.39, 0.29) is 6.03 Å². The highest BCUT2D eigenvalue weighted by Crippen LogP contribution is 2.30. The molecule has 1 aromatic carbocycles. The van der Waals surface area contributed by atoms with E-state index in [1.807, 2.05) is 29.6 Å². The minimum Gasteiger partial charge on any atom is -0.386 e. The van der Waals surface area contributed by atoms with Crippen molar-refractivity contribution in [3.63, 3.8) is 0 Å². The highest BCUT2D eigenvalue weighted by molar-refractivity contribution is 7.99. The molecule has 0 aliphatic rings. The Morgan fingerprint density at radius 3 is 2.38 bits per heavy atom. The Kier molecular flexibility index (Phi) is 6.32. The molecule has 2 rings (SSSR count). The molecule has 0 bridgehead atoms. The van der Waals surface area contributed by atoms with Gasteiger partial charge in [-0.3, -0.25) is 4.72 Å². The van der Waals surface area contributed by atoms with E-state index in [1.54, 1.807) is 13.8 Å². The molecule has 0 saturated heterocycles. The summed E-state index contributed by atoms with van der Waals surface area (Å²) in [5.74, 6) is 0. The first-order valence-corrected chi connectivity index (χ1v) is 9.70. The zero-order valence-corrected chi connectivity index (χ0v) is 16.1. The molecule has 2 aromatic rings. The third-order valence-electron chi connectivity index (χ3n) is 3.76. The van der Waals surface area contributed by atoms with E-state index in [9.17, 15) is 9.90 Å². The fourth-order valence-electron chi connectivity index (χ4n) is 2.33. The molecule has 0 unspecified atom stereocenters. The quantitative estimate of drug-likeness (QED) is 0.637. The molecule has 24 heavy (non-hydrogen) atoms. The number of carbonyl (C=O) groups is 1. The smallest absolute Gasteiger partial charge is 0.329 e. The Labute approximate surface area is 151 Å². The Morgan fingerprint density at radius 2 is 1.88 bits per heavy atom. The molecule has 3 N–H and O–H groups in total. The van der Waals surface area contributed by atoms with Crippen LogP contribution in [0.1, 0.15) is 44.4 Å². The van der Waals surface area contributed by atoms with Gasteiger partial charge in [0.05, 0.1) is 9.81 Å². The number of thiophene rings is 1. The van der Waals surface area contributed by atoms with Crippen LogP contribution in [-0.2, 0) is 18.4 Å². The number of anilines is 1. The second-order valence-electron chi connectivity index (χ2n) is 6.03. The number of urea groups is 1. The molecule has 1 heterocycles. The Morgan fingerprint density at radius 1 is 1.25 bits per heavy atom. The summed E-state index contributed by atoms with van der Waals surface area (Å²) < 4.78 is 3.74. The molecule has 0 saturated carbocycles. The molecule has 0 aliphatic carbocycles. The van der Waals surface area contributed by atoms with Crippen LogP contribution in [-0.4, -0.2) is 11.1 Å². The van der Waals surface area contributed by atoms with Gasteiger partial charge in [0.25, 0.3) is 0 Å². The van der Waals surface area contributed by atoms with Gasteiger partial charge in [0, 0.05) is 5.69 Å². The van der Waals surface area contributed by atoms with Crippen LogP contribution >= 0.6 is 23.3 Å². The Balaban J connectivity index is 2.00. The average molecular weight is 365 g/mol. The molecule has 0 fully saturated rings. The van der Waals surface area contributed by atoms with Crippen LogP contribution < -0.4 is 10.0 Å². The van der Waals surface area contributed by atoms with Crippen molar-refractivity contribution in [3.05, 3.63) is 46.3 Å². The van der Waals surface area contributed by atoms with E-state index >= 15 is 0 Å². The third-order valence-corrected chi connectivity index (χ3v) is 5.63. The van der Waals surface area contributed by atoms with Crippen LogP contribution in [0.15, 0.2) is 33.9 Å². The van der Waals surface area contributed by atoms with Gasteiger partial charge in [0.2, 0.25) is 0 Å². The number of hydrogen-bond acceptors (Lipinski definition) is 4. The molecular formula is C18H24N2O2S2. The van der Waals surface area contributed by atoms with Gasteiger partial charge in [-0.1, -0.05) is 32.0 Å². The van der Waals surface area contributed by atoms with E-state index < -0.39 is 5.60 Å². The predicted molar refractivity (Wildman–Crippen MR) is 103 cm³/mol. The monoisotopic (exact) mass is 364 g/mol. The molecule has 6 heteroatoms. The standard InChI is InChI=1S/C18H24N2O2S2/c1-5-12-8-7-9-13(6-2)16(12)19-17(21)20-24-15-10-14(11-23-15)18(3,4)22/h7-11,22H,5-6H2,1-4H3,(H2,19,20,21). The van der Waals surface area contributed by atoms with Crippen molar-refractivity contribution in [1.29, 1.82) is 0 Å². The fourth-order valence-corrected chi connectivity index (χ4v) is 4.02. The summed E-state index contributed by atoms with van der Waals surface area (Å²) in [6, 6.07) is 7.76. The number of aryl methyl sites for hydroxylation is 2. The minimum absolute atomic E-state index is 0.242. The number of carbonyl (C=O) groups excluding carboxylic acids is 1. The first kappa shape index (κ1) is 18.8. The van der Waals surface area contributed by atoms with Gasteiger partial charge in [-0.25, -0.2) is 4.79 Å². The zero-order valence-electron chi connectivity index (χ0n) is 14.5. The van der Waals surface area contributed by atoms with Crippen molar-refractivity contribution < 1.29 is 9.90 Å². The maximum atomic E-state index is 12.2. The molecule has 1 aromatic heterocycles. The second-order valence-corrected chi connectivity index (χ2v) is 8.05. The fraction of sp³-hybridized carbons (Fsp3) is 0.389. The highest BCUT2D eigenvalue weighted by atomic mass is 32.2. The van der Waals surface area contributed by atoms with Gasteiger partial charge in [-0.15, -0.1) is 11.3 Å². The van der Waals surface area contributed by atoms with Crippen LogP contribution in [0.5, 0.6) is 0 Å². The van der Waals surface area contributed by atoms with E-state index in [1.165, 1.54) is 23.3 Å². The minimum atomic E-state index is -0.867.